The van der Waals surface area contributed by atoms with Gasteiger partial charge in [0, 0.05) is 25.9 Å². The third-order valence-corrected chi connectivity index (χ3v) is 4.38. The molecule has 0 radical (unpaired) electrons. The van der Waals surface area contributed by atoms with E-state index in [0.29, 0.717) is 6.04 Å². The first-order chi connectivity index (χ1) is 8.67. The molecule has 4 heteroatoms. The number of nitrogens with one attached hydrogen (secondary N) is 1. The maximum absolute atomic E-state index is 6.07. The van der Waals surface area contributed by atoms with Crippen LogP contribution in [0.1, 0.15) is 44.2 Å². The van der Waals surface area contributed by atoms with Gasteiger partial charge in [-0.05, 0) is 32.6 Å². The number of ether oxygens (including phenoxy) is 1. The van der Waals surface area contributed by atoms with Crippen LogP contribution in [0.2, 0.25) is 0 Å². The molecule has 1 aromatic heterocycles. The van der Waals surface area contributed by atoms with Gasteiger partial charge < -0.3 is 10.1 Å². The minimum atomic E-state index is 0.187. The highest BCUT2D eigenvalue weighted by Crippen LogP contribution is 2.40. The molecule has 1 aliphatic heterocycles. The van der Waals surface area contributed by atoms with E-state index in [1.165, 1.54) is 31.4 Å². The van der Waals surface area contributed by atoms with Gasteiger partial charge in [0.25, 0.3) is 0 Å². The first-order valence-corrected chi connectivity index (χ1v) is 7.08. The maximum Gasteiger partial charge on any atom is 0.0825 e. The SMILES string of the molecule is Cc1nn(C)cc1NC1CCOC2(CCCC2)C1. The summed E-state index contributed by atoms with van der Waals surface area (Å²) in [5, 5.41) is 8.05. The van der Waals surface area contributed by atoms with E-state index in [0.717, 1.165) is 25.1 Å². The summed E-state index contributed by atoms with van der Waals surface area (Å²) in [5.74, 6) is 0. The summed E-state index contributed by atoms with van der Waals surface area (Å²) >= 11 is 0. The van der Waals surface area contributed by atoms with Crippen LogP contribution in [0.25, 0.3) is 0 Å². The van der Waals surface area contributed by atoms with Crippen molar-refractivity contribution in [3.63, 3.8) is 0 Å². The summed E-state index contributed by atoms with van der Waals surface area (Å²) in [5.41, 5.74) is 2.45. The molecule has 0 bridgehead atoms. The highest BCUT2D eigenvalue weighted by atomic mass is 16.5. The number of aryl methyl sites for hydroxylation is 2. The predicted molar refractivity (Wildman–Crippen MR) is 71.7 cm³/mol. The Labute approximate surface area is 109 Å². The molecule has 0 amide bonds. The van der Waals surface area contributed by atoms with Gasteiger partial charge in [-0.2, -0.15) is 5.10 Å². The number of anilines is 1. The van der Waals surface area contributed by atoms with Crippen LogP contribution in [-0.4, -0.2) is 28.0 Å². The molecule has 2 heterocycles. The first kappa shape index (κ1) is 12.0. The Morgan fingerprint density at radius 2 is 2.22 bits per heavy atom. The molecule has 2 fully saturated rings. The Hall–Kier alpha value is -1.03. The smallest absolute Gasteiger partial charge is 0.0825 e. The standard InChI is InChI=1S/C14H23N3O/c1-11-13(10-17(2)16-11)15-12-5-8-18-14(9-12)6-3-4-7-14/h10,12,15H,3-9H2,1-2H3. The molecule has 1 spiro atoms. The molecule has 1 atom stereocenters. The van der Waals surface area contributed by atoms with E-state index in [9.17, 15) is 0 Å². The first-order valence-electron chi connectivity index (χ1n) is 7.08. The van der Waals surface area contributed by atoms with Gasteiger partial charge in [0.1, 0.15) is 0 Å². The van der Waals surface area contributed by atoms with Crippen molar-refractivity contribution in [1.29, 1.82) is 0 Å². The van der Waals surface area contributed by atoms with Crippen LogP contribution in [-0.2, 0) is 11.8 Å². The summed E-state index contributed by atoms with van der Waals surface area (Å²) in [7, 11) is 1.97. The number of hydrogen-bond acceptors (Lipinski definition) is 3. The van der Waals surface area contributed by atoms with Gasteiger partial charge in [-0.15, -0.1) is 0 Å². The monoisotopic (exact) mass is 249 g/mol. The van der Waals surface area contributed by atoms with Crippen molar-refractivity contribution in [2.24, 2.45) is 7.05 Å². The van der Waals surface area contributed by atoms with Crippen molar-refractivity contribution < 1.29 is 4.74 Å². The molecule has 3 rings (SSSR count). The number of nitrogens with zero attached hydrogens (tertiary/aromatic N) is 2. The average molecular weight is 249 g/mol. The molecule has 1 aliphatic carbocycles. The molecule has 1 aromatic rings. The van der Waals surface area contributed by atoms with Crippen LogP contribution in [0.3, 0.4) is 0 Å². The summed E-state index contributed by atoms with van der Waals surface area (Å²) in [6.07, 6.45) is 9.50. The van der Waals surface area contributed by atoms with Crippen LogP contribution >= 0.6 is 0 Å². The Morgan fingerprint density at radius 1 is 1.44 bits per heavy atom. The minimum absolute atomic E-state index is 0.187. The molecule has 18 heavy (non-hydrogen) atoms. The number of aromatic nitrogens is 2. The molecule has 0 aromatic carbocycles. The lowest BCUT2D eigenvalue weighted by Crippen LogP contribution is -2.42. The second kappa shape index (κ2) is 4.57. The van der Waals surface area contributed by atoms with E-state index in [1.807, 2.05) is 11.7 Å². The van der Waals surface area contributed by atoms with Crippen molar-refractivity contribution in [3.8, 4) is 0 Å². The maximum atomic E-state index is 6.07. The molecule has 100 valence electrons. The highest BCUT2D eigenvalue weighted by Gasteiger charge is 2.39. The van der Waals surface area contributed by atoms with Crippen LogP contribution < -0.4 is 5.32 Å². The van der Waals surface area contributed by atoms with E-state index >= 15 is 0 Å². The minimum Gasteiger partial charge on any atom is -0.379 e. The lowest BCUT2D eigenvalue weighted by molar-refractivity contribution is -0.0767. The topological polar surface area (TPSA) is 39.1 Å². The van der Waals surface area contributed by atoms with E-state index in [4.69, 9.17) is 4.74 Å². The summed E-state index contributed by atoms with van der Waals surface area (Å²) in [4.78, 5) is 0. The largest absolute Gasteiger partial charge is 0.379 e. The fourth-order valence-corrected chi connectivity index (χ4v) is 3.48. The summed E-state index contributed by atoms with van der Waals surface area (Å²) < 4.78 is 7.95. The van der Waals surface area contributed by atoms with Crippen LogP contribution in [0, 0.1) is 6.92 Å². The van der Waals surface area contributed by atoms with Gasteiger partial charge in [-0.3, -0.25) is 4.68 Å². The van der Waals surface area contributed by atoms with E-state index in [2.05, 4.69) is 23.5 Å². The molecule has 1 unspecified atom stereocenters. The normalized spacial score (nSPS) is 26.7. The van der Waals surface area contributed by atoms with Gasteiger partial charge in [-0.1, -0.05) is 12.8 Å². The molecule has 1 saturated carbocycles. The fraction of sp³-hybridized carbons (Fsp3) is 0.786. The summed E-state index contributed by atoms with van der Waals surface area (Å²) in [6.45, 7) is 2.96. The third-order valence-electron chi connectivity index (χ3n) is 4.38. The quantitative estimate of drug-likeness (QED) is 0.875. The van der Waals surface area contributed by atoms with Crippen LogP contribution in [0.5, 0.6) is 0 Å². The van der Waals surface area contributed by atoms with Crippen molar-refractivity contribution in [2.45, 2.75) is 57.1 Å². The second-order valence-corrected chi connectivity index (χ2v) is 5.87. The molecular weight excluding hydrogens is 226 g/mol. The van der Waals surface area contributed by atoms with E-state index < -0.39 is 0 Å². The Kier molecular flexibility index (Phi) is 3.06. The zero-order chi connectivity index (χ0) is 12.6. The van der Waals surface area contributed by atoms with Crippen molar-refractivity contribution in [3.05, 3.63) is 11.9 Å². The third kappa shape index (κ3) is 2.26. The molecule has 4 nitrogen and oxygen atoms in total. The van der Waals surface area contributed by atoms with Gasteiger partial charge in [0.05, 0.1) is 17.0 Å². The predicted octanol–water partition coefficient (Wildman–Crippen LogP) is 2.63. The molecule has 1 saturated heterocycles. The van der Waals surface area contributed by atoms with Crippen molar-refractivity contribution in [1.82, 2.24) is 9.78 Å². The fourth-order valence-electron chi connectivity index (χ4n) is 3.48. The second-order valence-electron chi connectivity index (χ2n) is 5.87. The van der Waals surface area contributed by atoms with Crippen molar-refractivity contribution >= 4 is 5.69 Å². The number of rotatable bonds is 2. The van der Waals surface area contributed by atoms with Gasteiger partial charge >= 0.3 is 0 Å². The number of hydrogen-bond donors (Lipinski definition) is 1. The Balaban J connectivity index is 1.67. The Bertz CT molecular complexity index is 421. The lowest BCUT2D eigenvalue weighted by atomic mass is 9.89. The molecular formula is C14H23N3O. The Morgan fingerprint density at radius 3 is 2.89 bits per heavy atom. The van der Waals surface area contributed by atoms with Gasteiger partial charge in [0.2, 0.25) is 0 Å². The van der Waals surface area contributed by atoms with E-state index in [1.54, 1.807) is 0 Å². The lowest BCUT2D eigenvalue weighted by Gasteiger charge is -2.38. The average Bonchev–Trinajstić information content (AvgIpc) is 2.88. The zero-order valence-corrected chi connectivity index (χ0v) is 11.4. The van der Waals surface area contributed by atoms with Gasteiger partial charge in [-0.25, -0.2) is 0 Å². The van der Waals surface area contributed by atoms with Crippen molar-refractivity contribution in [2.75, 3.05) is 11.9 Å². The van der Waals surface area contributed by atoms with Crippen LogP contribution in [0.15, 0.2) is 6.20 Å². The highest BCUT2D eigenvalue weighted by molar-refractivity contribution is 5.46. The van der Waals surface area contributed by atoms with Gasteiger partial charge in [0.15, 0.2) is 0 Å². The van der Waals surface area contributed by atoms with Crippen LogP contribution in [0.4, 0.5) is 5.69 Å². The zero-order valence-electron chi connectivity index (χ0n) is 11.4. The van der Waals surface area contributed by atoms with E-state index in [-0.39, 0.29) is 5.60 Å². The molecule has 2 aliphatic rings. The summed E-state index contributed by atoms with van der Waals surface area (Å²) in [6, 6.07) is 0.541. The molecule has 1 N–H and O–H groups in total.